The van der Waals surface area contributed by atoms with Crippen molar-refractivity contribution in [3.63, 3.8) is 0 Å². The van der Waals surface area contributed by atoms with Crippen LogP contribution in [0.25, 0.3) is 0 Å². The number of aliphatic hydroxyl groups is 1. The lowest BCUT2D eigenvalue weighted by molar-refractivity contribution is 0.0952. The highest BCUT2D eigenvalue weighted by atomic mass is 16.3. The molecule has 4 N–H and O–H groups in total. The smallest absolute Gasteiger partial charge is 0.253 e. The summed E-state index contributed by atoms with van der Waals surface area (Å²) >= 11 is 0. The van der Waals surface area contributed by atoms with Crippen LogP contribution in [0.15, 0.2) is 18.2 Å². The second-order valence-electron chi connectivity index (χ2n) is 3.37. The van der Waals surface area contributed by atoms with Gasteiger partial charge in [-0.3, -0.25) is 4.79 Å². The van der Waals surface area contributed by atoms with Crippen LogP contribution >= 0.6 is 0 Å². The van der Waals surface area contributed by atoms with Gasteiger partial charge in [0.2, 0.25) is 0 Å². The molecule has 0 spiro atoms. The maximum absolute atomic E-state index is 11.6. The fourth-order valence-electron chi connectivity index (χ4n) is 1.25. The van der Waals surface area contributed by atoms with Gasteiger partial charge in [0, 0.05) is 18.8 Å². The summed E-state index contributed by atoms with van der Waals surface area (Å²) in [5.74, 6) is -0.190. The van der Waals surface area contributed by atoms with Crippen molar-refractivity contribution in [1.82, 2.24) is 5.32 Å². The molecule has 0 bridgehead atoms. The van der Waals surface area contributed by atoms with Crippen LogP contribution in [0.1, 0.15) is 22.3 Å². The van der Waals surface area contributed by atoms with E-state index in [0.717, 1.165) is 5.56 Å². The summed E-state index contributed by atoms with van der Waals surface area (Å²) in [6, 6.07) is 5.35. The summed E-state index contributed by atoms with van der Waals surface area (Å²) in [5, 5.41) is 11.3. The predicted molar refractivity (Wildman–Crippen MR) is 59.6 cm³/mol. The molecule has 0 heterocycles. The van der Waals surface area contributed by atoms with Gasteiger partial charge in [0.1, 0.15) is 0 Å². The van der Waals surface area contributed by atoms with E-state index in [1.807, 2.05) is 13.0 Å². The number of benzene rings is 1. The highest BCUT2D eigenvalue weighted by Crippen LogP contribution is 2.15. The van der Waals surface area contributed by atoms with Gasteiger partial charge in [-0.15, -0.1) is 0 Å². The number of carbonyl (C=O) groups is 1. The molecule has 0 aliphatic heterocycles. The third-order valence-electron chi connectivity index (χ3n) is 2.19. The van der Waals surface area contributed by atoms with Crippen molar-refractivity contribution in [1.29, 1.82) is 0 Å². The van der Waals surface area contributed by atoms with Crippen molar-refractivity contribution in [2.24, 2.45) is 0 Å². The van der Waals surface area contributed by atoms with Gasteiger partial charge in [0.05, 0.1) is 5.56 Å². The number of carbonyl (C=O) groups excluding carboxylic acids is 1. The second kappa shape index (κ2) is 5.36. The van der Waals surface area contributed by atoms with E-state index in [4.69, 9.17) is 10.8 Å². The number of nitrogen functional groups attached to an aromatic ring is 1. The van der Waals surface area contributed by atoms with Crippen molar-refractivity contribution in [2.45, 2.75) is 13.3 Å². The van der Waals surface area contributed by atoms with E-state index in [0.29, 0.717) is 24.2 Å². The lowest BCUT2D eigenvalue weighted by Crippen LogP contribution is -2.26. The van der Waals surface area contributed by atoms with Gasteiger partial charge in [0.15, 0.2) is 0 Å². The summed E-state index contributed by atoms with van der Waals surface area (Å²) in [7, 11) is 0. The number of nitrogens with one attached hydrogen (secondary N) is 1. The third kappa shape index (κ3) is 2.95. The highest BCUT2D eigenvalue weighted by Gasteiger charge is 2.09. The Morgan fingerprint density at radius 3 is 2.93 bits per heavy atom. The Morgan fingerprint density at radius 2 is 2.27 bits per heavy atom. The predicted octanol–water partition coefficient (Wildman–Crippen LogP) is 0.689. The molecule has 1 aromatic carbocycles. The summed E-state index contributed by atoms with van der Waals surface area (Å²) in [5.41, 5.74) is 7.68. The van der Waals surface area contributed by atoms with Crippen molar-refractivity contribution >= 4 is 11.6 Å². The number of nitrogens with two attached hydrogens (primary N) is 1. The molecule has 4 heteroatoms. The van der Waals surface area contributed by atoms with Crippen LogP contribution in [-0.4, -0.2) is 24.2 Å². The molecular formula is C11H16N2O2. The number of rotatable bonds is 4. The van der Waals surface area contributed by atoms with Crippen LogP contribution < -0.4 is 11.1 Å². The van der Waals surface area contributed by atoms with Gasteiger partial charge in [-0.2, -0.15) is 0 Å². The molecule has 0 atom stereocenters. The normalized spacial score (nSPS) is 10.0. The first-order valence-electron chi connectivity index (χ1n) is 4.91. The van der Waals surface area contributed by atoms with E-state index in [2.05, 4.69) is 5.32 Å². The Hall–Kier alpha value is -1.55. The van der Waals surface area contributed by atoms with E-state index < -0.39 is 0 Å². The molecule has 15 heavy (non-hydrogen) atoms. The molecule has 0 fully saturated rings. The zero-order valence-corrected chi connectivity index (χ0v) is 8.79. The average Bonchev–Trinajstić information content (AvgIpc) is 2.22. The Balaban J connectivity index is 2.69. The molecule has 0 aliphatic rings. The Bertz CT molecular complexity index is 350. The van der Waals surface area contributed by atoms with Crippen LogP contribution in [-0.2, 0) is 0 Å². The molecule has 0 radical (unpaired) electrons. The maximum Gasteiger partial charge on any atom is 0.253 e. The average molecular weight is 208 g/mol. The molecule has 0 aliphatic carbocycles. The van der Waals surface area contributed by atoms with E-state index in [-0.39, 0.29) is 12.5 Å². The topological polar surface area (TPSA) is 75.3 Å². The fraction of sp³-hybridized carbons (Fsp3) is 0.364. The van der Waals surface area contributed by atoms with E-state index in [9.17, 15) is 4.79 Å². The minimum absolute atomic E-state index is 0.0730. The standard InChI is InChI=1S/C11H16N2O2/c1-8-4-2-5-9(10(8)12)11(15)13-6-3-7-14/h2,4-5,14H,3,6-7,12H2,1H3,(H,13,15). The van der Waals surface area contributed by atoms with E-state index in [1.165, 1.54) is 0 Å². The molecule has 0 unspecified atom stereocenters. The molecule has 0 saturated heterocycles. The van der Waals surface area contributed by atoms with Gasteiger partial charge in [-0.05, 0) is 25.0 Å². The summed E-state index contributed by atoms with van der Waals surface area (Å²) in [6.45, 7) is 2.39. The third-order valence-corrected chi connectivity index (χ3v) is 2.19. The highest BCUT2D eigenvalue weighted by molar-refractivity contribution is 5.99. The zero-order valence-electron chi connectivity index (χ0n) is 8.79. The summed E-state index contributed by atoms with van der Waals surface area (Å²) in [6.07, 6.45) is 0.553. The fourth-order valence-corrected chi connectivity index (χ4v) is 1.25. The number of aryl methyl sites for hydroxylation is 1. The number of hydrogen-bond donors (Lipinski definition) is 3. The van der Waals surface area contributed by atoms with Crippen LogP contribution in [0.2, 0.25) is 0 Å². The van der Waals surface area contributed by atoms with Gasteiger partial charge in [0.25, 0.3) is 5.91 Å². The molecule has 0 aromatic heterocycles. The number of amides is 1. The Labute approximate surface area is 89.1 Å². The molecule has 4 nitrogen and oxygen atoms in total. The monoisotopic (exact) mass is 208 g/mol. The molecule has 0 saturated carbocycles. The largest absolute Gasteiger partial charge is 0.398 e. The lowest BCUT2D eigenvalue weighted by Gasteiger charge is -2.08. The van der Waals surface area contributed by atoms with Crippen molar-refractivity contribution < 1.29 is 9.90 Å². The molecule has 1 amide bonds. The molecule has 1 aromatic rings. The number of hydrogen-bond acceptors (Lipinski definition) is 3. The van der Waals surface area contributed by atoms with Gasteiger partial charge < -0.3 is 16.2 Å². The van der Waals surface area contributed by atoms with E-state index >= 15 is 0 Å². The van der Waals surface area contributed by atoms with Gasteiger partial charge >= 0.3 is 0 Å². The lowest BCUT2D eigenvalue weighted by atomic mass is 10.1. The molecular weight excluding hydrogens is 192 g/mol. The second-order valence-corrected chi connectivity index (χ2v) is 3.37. The minimum atomic E-state index is -0.190. The van der Waals surface area contributed by atoms with Crippen molar-refractivity contribution in [2.75, 3.05) is 18.9 Å². The van der Waals surface area contributed by atoms with Gasteiger partial charge in [-0.1, -0.05) is 12.1 Å². The minimum Gasteiger partial charge on any atom is -0.398 e. The first kappa shape index (κ1) is 11.5. The number of aliphatic hydroxyl groups excluding tert-OH is 1. The first-order chi connectivity index (χ1) is 7.16. The number of anilines is 1. The van der Waals surface area contributed by atoms with Crippen LogP contribution in [0, 0.1) is 6.92 Å². The Morgan fingerprint density at radius 1 is 1.53 bits per heavy atom. The SMILES string of the molecule is Cc1cccc(C(=O)NCCCO)c1N. The maximum atomic E-state index is 11.6. The van der Waals surface area contributed by atoms with E-state index in [1.54, 1.807) is 12.1 Å². The number of para-hydroxylation sites is 1. The van der Waals surface area contributed by atoms with Crippen molar-refractivity contribution in [3.8, 4) is 0 Å². The van der Waals surface area contributed by atoms with Crippen molar-refractivity contribution in [3.05, 3.63) is 29.3 Å². The molecule has 1 rings (SSSR count). The summed E-state index contributed by atoms with van der Waals surface area (Å²) in [4.78, 5) is 11.6. The van der Waals surface area contributed by atoms with Crippen LogP contribution in [0.4, 0.5) is 5.69 Å². The quantitative estimate of drug-likeness (QED) is 0.503. The van der Waals surface area contributed by atoms with Crippen LogP contribution in [0.3, 0.4) is 0 Å². The van der Waals surface area contributed by atoms with Gasteiger partial charge in [-0.25, -0.2) is 0 Å². The zero-order chi connectivity index (χ0) is 11.3. The summed E-state index contributed by atoms with van der Waals surface area (Å²) < 4.78 is 0. The first-order valence-corrected chi connectivity index (χ1v) is 4.91. The van der Waals surface area contributed by atoms with Crippen LogP contribution in [0.5, 0.6) is 0 Å². The Kier molecular flexibility index (Phi) is 4.12. The molecule has 82 valence electrons.